The van der Waals surface area contributed by atoms with Crippen molar-refractivity contribution in [1.29, 1.82) is 0 Å². The zero-order valence-electron chi connectivity index (χ0n) is 10.1. The number of hydrogen-bond acceptors (Lipinski definition) is 6. The molecule has 0 saturated carbocycles. The molecule has 0 radical (unpaired) electrons. The summed E-state index contributed by atoms with van der Waals surface area (Å²) in [5, 5.41) is 0. The van der Waals surface area contributed by atoms with Crippen LogP contribution >= 0.6 is 23.1 Å². The van der Waals surface area contributed by atoms with Crippen molar-refractivity contribution >= 4 is 49.2 Å². The van der Waals surface area contributed by atoms with Gasteiger partial charge >= 0.3 is 0 Å². The molecule has 2 aromatic rings. The lowest BCUT2D eigenvalue weighted by atomic mass is 10.3. The highest BCUT2D eigenvalue weighted by molar-refractivity contribution is 8.00. The molecule has 5 nitrogen and oxygen atoms in total. The Morgan fingerprint density at radius 1 is 1.47 bits per heavy atom. The molecule has 1 N–H and O–H groups in total. The van der Waals surface area contributed by atoms with Gasteiger partial charge in [-0.25, -0.2) is 18.1 Å². The fourth-order valence-electron chi connectivity index (χ4n) is 1.44. The van der Waals surface area contributed by atoms with Gasteiger partial charge in [0.2, 0.25) is 5.91 Å². The SMILES string of the molecule is CCSCC(=O)NS(=O)(=O)c1ccc2ncsc2c1. The molecule has 0 unspecified atom stereocenters. The predicted molar refractivity (Wildman–Crippen MR) is 77.9 cm³/mol. The van der Waals surface area contributed by atoms with Crippen LogP contribution in [-0.2, 0) is 14.8 Å². The van der Waals surface area contributed by atoms with Gasteiger partial charge in [-0.15, -0.1) is 11.3 Å². The molecule has 1 heterocycles. The van der Waals surface area contributed by atoms with Gasteiger partial charge in [0.25, 0.3) is 10.0 Å². The van der Waals surface area contributed by atoms with Crippen LogP contribution < -0.4 is 4.72 Å². The zero-order valence-corrected chi connectivity index (χ0v) is 12.6. The van der Waals surface area contributed by atoms with Gasteiger partial charge in [-0.1, -0.05) is 6.92 Å². The van der Waals surface area contributed by atoms with Crippen LogP contribution in [0.1, 0.15) is 6.92 Å². The molecule has 0 atom stereocenters. The molecular formula is C11H12N2O3S3. The molecule has 0 aliphatic carbocycles. The Labute approximate surface area is 119 Å². The maximum atomic E-state index is 12.0. The van der Waals surface area contributed by atoms with Crippen LogP contribution in [0.2, 0.25) is 0 Å². The first-order valence-electron chi connectivity index (χ1n) is 5.49. The van der Waals surface area contributed by atoms with E-state index in [1.165, 1.54) is 35.2 Å². The van der Waals surface area contributed by atoms with E-state index in [4.69, 9.17) is 0 Å². The van der Waals surface area contributed by atoms with Crippen molar-refractivity contribution in [2.45, 2.75) is 11.8 Å². The summed E-state index contributed by atoms with van der Waals surface area (Å²) in [5.74, 6) is 0.398. The minimum Gasteiger partial charge on any atom is -0.273 e. The third-order valence-electron chi connectivity index (χ3n) is 2.30. The fraction of sp³-hybridized carbons (Fsp3) is 0.273. The van der Waals surface area contributed by atoms with Gasteiger partial charge in [-0.2, -0.15) is 11.8 Å². The Morgan fingerprint density at radius 2 is 2.26 bits per heavy atom. The molecule has 0 aliphatic rings. The molecule has 8 heteroatoms. The molecule has 1 aromatic heterocycles. The molecule has 0 fully saturated rings. The van der Waals surface area contributed by atoms with E-state index in [0.29, 0.717) is 0 Å². The maximum absolute atomic E-state index is 12.0. The Balaban J connectivity index is 2.21. The number of thiazole rings is 1. The van der Waals surface area contributed by atoms with E-state index >= 15 is 0 Å². The number of carbonyl (C=O) groups is 1. The number of sulfonamides is 1. The first-order chi connectivity index (χ1) is 9.03. The zero-order chi connectivity index (χ0) is 13.9. The molecular weight excluding hydrogens is 304 g/mol. The standard InChI is InChI=1S/C11H12N2O3S3/c1-2-17-6-11(14)13-19(15,16)8-3-4-9-10(5-8)18-7-12-9/h3-5,7H,2,6H2,1H3,(H,13,14). The first kappa shape index (κ1) is 14.3. The maximum Gasteiger partial charge on any atom is 0.264 e. The molecule has 0 saturated heterocycles. The lowest BCUT2D eigenvalue weighted by Crippen LogP contribution is -2.31. The highest BCUT2D eigenvalue weighted by Crippen LogP contribution is 2.21. The van der Waals surface area contributed by atoms with E-state index in [1.807, 2.05) is 6.92 Å². The molecule has 0 spiro atoms. The van der Waals surface area contributed by atoms with Crippen molar-refractivity contribution in [3.63, 3.8) is 0 Å². The van der Waals surface area contributed by atoms with Gasteiger partial charge in [0.1, 0.15) is 0 Å². The summed E-state index contributed by atoms with van der Waals surface area (Å²) in [6, 6.07) is 4.60. The average molecular weight is 316 g/mol. The van der Waals surface area contributed by atoms with Crippen molar-refractivity contribution in [2.75, 3.05) is 11.5 Å². The topological polar surface area (TPSA) is 76.1 Å². The van der Waals surface area contributed by atoms with Crippen LogP contribution in [0.15, 0.2) is 28.6 Å². The third-order valence-corrected chi connectivity index (χ3v) is 5.34. The van der Waals surface area contributed by atoms with Gasteiger partial charge in [-0.05, 0) is 24.0 Å². The number of carbonyl (C=O) groups excluding carboxylic acids is 1. The second kappa shape index (κ2) is 5.89. The van der Waals surface area contributed by atoms with Crippen LogP contribution in [0, 0.1) is 0 Å². The second-order valence-electron chi connectivity index (χ2n) is 3.65. The molecule has 102 valence electrons. The van der Waals surface area contributed by atoms with Crippen LogP contribution in [-0.4, -0.2) is 30.8 Å². The highest BCUT2D eigenvalue weighted by Gasteiger charge is 2.18. The van der Waals surface area contributed by atoms with E-state index in [1.54, 1.807) is 11.6 Å². The smallest absolute Gasteiger partial charge is 0.264 e. The molecule has 2 rings (SSSR count). The second-order valence-corrected chi connectivity index (χ2v) is 7.49. The van der Waals surface area contributed by atoms with Gasteiger partial charge in [0, 0.05) is 0 Å². The third kappa shape index (κ3) is 3.46. The summed E-state index contributed by atoms with van der Waals surface area (Å²) in [5.41, 5.74) is 2.40. The lowest BCUT2D eigenvalue weighted by Gasteiger charge is -2.06. The van der Waals surface area contributed by atoms with Crippen LogP contribution in [0.4, 0.5) is 0 Å². The van der Waals surface area contributed by atoms with Crippen LogP contribution in [0.5, 0.6) is 0 Å². The minimum atomic E-state index is -3.79. The van der Waals surface area contributed by atoms with Crippen molar-refractivity contribution in [1.82, 2.24) is 9.71 Å². The van der Waals surface area contributed by atoms with E-state index < -0.39 is 15.9 Å². The Kier molecular flexibility index (Phi) is 4.43. The van der Waals surface area contributed by atoms with Crippen LogP contribution in [0.3, 0.4) is 0 Å². The van der Waals surface area contributed by atoms with Crippen molar-refractivity contribution < 1.29 is 13.2 Å². The van der Waals surface area contributed by atoms with Crippen molar-refractivity contribution in [3.05, 3.63) is 23.7 Å². The summed E-state index contributed by atoms with van der Waals surface area (Å²) in [6.45, 7) is 1.91. The molecule has 0 aliphatic heterocycles. The number of hydrogen-bond donors (Lipinski definition) is 1. The number of thioether (sulfide) groups is 1. The molecule has 1 aromatic carbocycles. The summed E-state index contributed by atoms with van der Waals surface area (Å²) in [4.78, 5) is 15.6. The fourth-order valence-corrected chi connectivity index (χ4v) is 3.79. The first-order valence-corrected chi connectivity index (χ1v) is 9.01. The van der Waals surface area contributed by atoms with Gasteiger partial charge in [-0.3, -0.25) is 4.79 Å². The van der Waals surface area contributed by atoms with E-state index in [-0.39, 0.29) is 10.6 Å². The highest BCUT2D eigenvalue weighted by atomic mass is 32.2. The monoisotopic (exact) mass is 316 g/mol. The van der Waals surface area contributed by atoms with Gasteiger partial charge in [0.15, 0.2) is 0 Å². The van der Waals surface area contributed by atoms with Crippen LogP contribution in [0.25, 0.3) is 10.2 Å². The quantitative estimate of drug-likeness (QED) is 0.911. The normalized spacial score (nSPS) is 11.6. The average Bonchev–Trinajstić information content (AvgIpc) is 2.82. The van der Waals surface area contributed by atoms with E-state index in [0.717, 1.165) is 16.0 Å². The number of nitrogens with zero attached hydrogens (tertiary/aromatic N) is 1. The lowest BCUT2D eigenvalue weighted by molar-refractivity contribution is -0.116. The molecule has 0 bridgehead atoms. The summed E-state index contributed by atoms with van der Waals surface area (Å²) >= 11 is 2.73. The van der Waals surface area contributed by atoms with Gasteiger partial charge < -0.3 is 0 Å². The summed E-state index contributed by atoms with van der Waals surface area (Å²) in [7, 11) is -3.79. The Bertz CT molecular complexity index is 694. The summed E-state index contributed by atoms with van der Waals surface area (Å²) < 4.78 is 26.9. The number of amides is 1. The summed E-state index contributed by atoms with van der Waals surface area (Å²) in [6.07, 6.45) is 0. The number of rotatable bonds is 5. The minimum absolute atomic E-state index is 0.0825. The van der Waals surface area contributed by atoms with E-state index in [2.05, 4.69) is 9.71 Å². The molecule has 1 amide bonds. The number of nitrogens with one attached hydrogen (secondary N) is 1. The largest absolute Gasteiger partial charge is 0.273 e. The van der Waals surface area contributed by atoms with E-state index in [9.17, 15) is 13.2 Å². The number of fused-ring (bicyclic) bond motifs is 1. The van der Waals surface area contributed by atoms with Gasteiger partial charge in [0.05, 0.1) is 26.4 Å². The Hall–Kier alpha value is -1.12. The molecule has 19 heavy (non-hydrogen) atoms. The van der Waals surface area contributed by atoms with Crippen molar-refractivity contribution in [2.24, 2.45) is 0 Å². The predicted octanol–water partition coefficient (Wildman–Crippen LogP) is 1.85. The van der Waals surface area contributed by atoms with Crippen molar-refractivity contribution in [3.8, 4) is 0 Å². The Morgan fingerprint density at radius 3 is 3.00 bits per heavy atom. The number of benzene rings is 1. The number of aromatic nitrogens is 1.